The van der Waals surface area contributed by atoms with Crippen molar-refractivity contribution in [3.63, 3.8) is 0 Å². The molecule has 0 spiro atoms. The van der Waals surface area contributed by atoms with Crippen LogP contribution in [0.5, 0.6) is 0 Å². The molecule has 26 heavy (non-hydrogen) atoms. The molecule has 2 aliphatic heterocycles. The zero-order valence-corrected chi connectivity index (χ0v) is 15.7. The predicted molar refractivity (Wildman–Crippen MR) is 100 cm³/mol. The maximum absolute atomic E-state index is 12.9. The highest BCUT2D eigenvalue weighted by molar-refractivity contribution is 7.13. The molecule has 1 fully saturated rings. The van der Waals surface area contributed by atoms with Gasteiger partial charge in [0.2, 0.25) is 5.91 Å². The number of rotatable bonds is 3. The Morgan fingerprint density at radius 2 is 2.19 bits per heavy atom. The van der Waals surface area contributed by atoms with Crippen LogP contribution in [0.2, 0.25) is 0 Å². The van der Waals surface area contributed by atoms with E-state index in [0.717, 1.165) is 41.3 Å². The quantitative estimate of drug-likeness (QED) is 0.866. The lowest BCUT2D eigenvalue weighted by Crippen LogP contribution is -2.44. The van der Waals surface area contributed by atoms with E-state index < -0.39 is 6.04 Å². The number of carbonyl (C=O) groups is 2. The second kappa shape index (κ2) is 6.81. The predicted octanol–water partition coefficient (Wildman–Crippen LogP) is 1.97. The van der Waals surface area contributed by atoms with Gasteiger partial charge in [-0.1, -0.05) is 24.3 Å². The topological polar surface area (TPSA) is 74.3 Å². The summed E-state index contributed by atoms with van der Waals surface area (Å²) in [6.07, 6.45) is 1.05. The van der Waals surface area contributed by atoms with Gasteiger partial charge in [-0.05, 0) is 31.0 Å². The molecule has 2 aliphatic rings. The van der Waals surface area contributed by atoms with Crippen LogP contribution in [0, 0.1) is 6.92 Å². The minimum absolute atomic E-state index is 0.0839. The smallest absolute Gasteiger partial charge is 0.264 e. The molecule has 7 heteroatoms. The largest absolute Gasteiger partial charge is 0.339 e. The minimum Gasteiger partial charge on any atom is -0.339 e. The van der Waals surface area contributed by atoms with E-state index in [0.29, 0.717) is 17.3 Å². The summed E-state index contributed by atoms with van der Waals surface area (Å²) in [5.74, 6) is 0.0727. The Bertz CT molecular complexity index is 857. The van der Waals surface area contributed by atoms with Gasteiger partial charge < -0.3 is 15.5 Å². The van der Waals surface area contributed by atoms with Gasteiger partial charge in [-0.2, -0.15) is 0 Å². The summed E-state index contributed by atoms with van der Waals surface area (Å²) in [7, 11) is 1.76. The van der Waals surface area contributed by atoms with Crippen LogP contribution < -0.4 is 10.6 Å². The first-order valence-electron chi connectivity index (χ1n) is 8.86. The number of hydrogen-bond donors (Lipinski definition) is 2. The van der Waals surface area contributed by atoms with E-state index in [2.05, 4.69) is 15.6 Å². The number of aryl methyl sites for hydroxylation is 1. The van der Waals surface area contributed by atoms with Crippen LogP contribution in [0.15, 0.2) is 24.3 Å². The molecule has 3 heterocycles. The second-order valence-electron chi connectivity index (χ2n) is 6.96. The number of hydrogen-bond acceptors (Lipinski definition) is 5. The van der Waals surface area contributed by atoms with Crippen molar-refractivity contribution in [3.8, 4) is 0 Å². The molecule has 0 radical (unpaired) electrons. The van der Waals surface area contributed by atoms with E-state index in [4.69, 9.17) is 0 Å². The number of fused-ring (bicyclic) bond motifs is 1. The number of aromatic nitrogens is 1. The van der Waals surface area contributed by atoms with Crippen molar-refractivity contribution in [1.82, 2.24) is 20.5 Å². The van der Waals surface area contributed by atoms with Gasteiger partial charge >= 0.3 is 0 Å². The molecule has 1 aromatic heterocycles. The van der Waals surface area contributed by atoms with Crippen molar-refractivity contribution < 1.29 is 9.59 Å². The highest BCUT2D eigenvalue weighted by Crippen LogP contribution is 2.31. The number of benzene rings is 1. The molecule has 4 rings (SSSR count). The molecule has 0 bridgehead atoms. The third-order valence-electron chi connectivity index (χ3n) is 5.10. The fourth-order valence-electron chi connectivity index (χ4n) is 3.65. The third-order valence-corrected chi connectivity index (χ3v) is 6.42. The van der Waals surface area contributed by atoms with Crippen LogP contribution in [0.3, 0.4) is 0 Å². The van der Waals surface area contributed by atoms with Crippen molar-refractivity contribution in [2.45, 2.75) is 31.8 Å². The molecule has 136 valence electrons. The van der Waals surface area contributed by atoms with Gasteiger partial charge in [-0.3, -0.25) is 9.59 Å². The van der Waals surface area contributed by atoms with Crippen LogP contribution in [0.25, 0.3) is 0 Å². The number of likely N-dealkylation sites (N-methyl/N-ethyl adjacent to an activating group) is 1. The molecule has 1 saturated heterocycles. The van der Waals surface area contributed by atoms with Gasteiger partial charge in [0.1, 0.15) is 10.9 Å². The summed E-state index contributed by atoms with van der Waals surface area (Å²) >= 11 is 1.45. The Balaban J connectivity index is 1.59. The van der Waals surface area contributed by atoms with E-state index in [1.807, 2.05) is 31.2 Å². The lowest BCUT2D eigenvalue weighted by Gasteiger charge is -2.31. The molecule has 2 unspecified atom stereocenters. The van der Waals surface area contributed by atoms with Crippen LogP contribution in [0.1, 0.15) is 49.9 Å². The first-order chi connectivity index (χ1) is 12.5. The van der Waals surface area contributed by atoms with Crippen molar-refractivity contribution in [3.05, 3.63) is 51.0 Å². The van der Waals surface area contributed by atoms with Gasteiger partial charge in [0.05, 0.1) is 10.7 Å². The van der Waals surface area contributed by atoms with Gasteiger partial charge in [0.25, 0.3) is 5.91 Å². The Kier molecular flexibility index (Phi) is 4.50. The van der Waals surface area contributed by atoms with Crippen molar-refractivity contribution in [2.75, 3.05) is 20.1 Å². The van der Waals surface area contributed by atoms with Gasteiger partial charge in [-0.25, -0.2) is 4.98 Å². The number of nitrogens with zero attached hydrogens (tertiary/aromatic N) is 2. The lowest BCUT2D eigenvalue weighted by atomic mass is 9.95. The third kappa shape index (κ3) is 3.01. The first kappa shape index (κ1) is 17.2. The number of nitrogens with one attached hydrogen (secondary N) is 2. The first-order valence-corrected chi connectivity index (χ1v) is 9.68. The summed E-state index contributed by atoms with van der Waals surface area (Å²) in [5, 5.41) is 7.28. The van der Waals surface area contributed by atoms with Crippen molar-refractivity contribution in [2.24, 2.45) is 0 Å². The summed E-state index contributed by atoms with van der Waals surface area (Å²) in [6.45, 7) is 4.33. The maximum Gasteiger partial charge on any atom is 0.264 e. The maximum atomic E-state index is 12.9. The standard InChI is InChI=1S/C19H22N4O2S/c1-11-16(26-18(21-11)12-7-8-20-9-12)17(24)22-15-14-6-4-3-5-13(14)10-23(2)19(15)25/h3-6,12,15,20H,7-10H2,1-2H3,(H,22,24). The molecule has 0 saturated carbocycles. The van der Waals surface area contributed by atoms with Gasteiger partial charge in [0.15, 0.2) is 0 Å². The monoisotopic (exact) mass is 370 g/mol. The Labute approximate surface area is 156 Å². The second-order valence-corrected chi connectivity index (χ2v) is 7.99. The van der Waals surface area contributed by atoms with Crippen LogP contribution in [-0.2, 0) is 11.3 Å². The Hall–Kier alpha value is -2.25. The number of amides is 2. The van der Waals surface area contributed by atoms with Crippen LogP contribution in [0.4, 0.5) is 0 Å². The fraction of sp³-hybridized carbons (Fsp3) is 0.421. The van der Waals surface area contributed by atoms with Crippen LogP contribution in [-0.4, -0.2) is 41.8 Å². The Morgan fingerprint density at radius 3 is 2.96 bits per heavy atom. The molecule has 1 aromatic carbocycles. The summed E-state index contributed by atoms with van der Waals surface area (Å²) in [4.78, 5) is 32.4. The van der Waals surface area contributed by atoms with Crippen molar-refractivity contribution >= 4 is 23.2 Å². The van der Waals surface area contributed by atoms with Crippen molar-refractivity contribution in [1.29, 1.82) is 0 Å². The molecular formula is C19H22N4O2S. The molecule has 0 aliphatic carbocycles. The number of thiazole rings is 1. The molecule has 2 N–H and O–H groups in total. The highest BCUT2D eigenvalue weighted by Gasteiger charge is 2.33. The molecular weight excluding hydrogens is 348 g/mol. The average molecular weight is 370 g/mol. The number of carbonyl (C=O) groups excluding carboxylic acids is 2. The van der Waals surface area contributed by atoms with Crippen LogP contribution >= 0.6 is 11.3 Å². The minimum atomic E-state index is -0.643. The van der Waals surface area contributed by atoms with E-state index in [1.54, 1.807) is 11.9 Å². The van der Waals surface area contributed by atoms with E-state index in [9.17, 15) is 9.59 Å². The Morgan fingerprint density at radius 1 is 1.38 bits per heavy atom. The summed E-state index contributed by atoms with van der Waals surface area (Å²) < 4.78 is 0. The summed E-state index contributed by atoms with van der Waals surface area (Å²) in [6, 6.07) is 7.13. The van der Waals surface area contributed by atoms with E-state index in [1.165, 1.54) is 11.3 Å². The van der Waals surface area contributed by atoms with E-state index in [-0.39, 0.29) is 11.8 Å². The SMILES string of the molecule is Cc1nc(C2CCNC2)sc1C(=O)NC1C(=O)N(C)Cc2ccccc21. The highest BCUT2D eigenvalue weighted by atomic mass is 32.1. The summed E-state index contributed by atoms with van der Waals surface area (Å²) in [5.41, 5.74) is 2.68. The average Bonchev–Trinajstić information content (AvgIpc) is 3.28. The molecule has 6 nitrogen and oxygen atoms in total. The van der Waals surface area contributed by atoms with E-state index >= 15 is 0 Å². The van der Waals surface area contributed by atoms with Gasteiger partial charge in [0, 0.05) is 26.1 Å². The fourth-order valence-corrected chi connectivity index (χ4v) is 4.76. The molecule has 2 atom stereocenters. The van der Waals surface area contributed by atoms with Gasteiger partial charge in [-0.15, -0.1) is 11.3 Å². The lowest BCUT2D eigenvalue weighted by molar-refractivity contribution is -0.133. The molecule has 2 amide bonds. The zero-order chi connectivity index (χ0) is 18.3. The normalized spacial score (nSPS) is 22.4. The molecule has 2 aromatic rings. The zero-order valence-electron chi connectivity index (χ0n) is 14.9.